The Hall–Kier alpha value is -5.82. The van der Waals surface area contributed by atoms with Crippen molar-refractivity contribution >= 4 is 66.3 Å². The van der Waals surface area contributed by atoms with Crippen molar-refractivity contribution in [1.29, 1.82) is 0 Å². The van der Waals surface area contributed by atoms with Crippen LogP contribution < -0.4 is 11.1 Å². The summed E-state index contributed by atoms with van der Waals surface area (Å²) >= 11 is 0. The number of hydrogen-bond donors (Lipinski definition) is 2. The van der Waals surface area contributed by atoms with Crippen molar-refractivity contribution in [2.75, 3.05) is 5.32 Å². The quantitative estimate of drug-likeness (QED) is 0.0750. The summed E-state index contributed by atoms with van der Waals surface area (Å²) in [6.07, 6.45) is 0.398. The number of carbonyl (C=O) groups excluding carboxylic acids is 2. The molecule has 0 spiro atoms. The molecule has 0 aromatic heterocycles. The average Bonchev–Trinajstić information content (AvgIpc) is 3.07. The van der Waals surface area contributed by atoms with E-state index in [1.165, 1.54) is 6.07 Å². The van der Waals surface area contributed by atoms with Crippen molar-refractivity contribution in [1.82, 2.24) is 0 Å². The van der Waals surface area contributed by atoms with Gasteiger partial charge in [-0.3, -0.25) is 19.7 Å². The third-order valence-corrected chi connectivity index (χ3v) is 9.56. The van der Waals surface area contributed by atoms with Crippen molar-refractivity contribution in [2.45, 2.75) is 46.0 Å². The van der Waals surface area contributed by atoms with Crippen LogP contribution in [0.15, 0.2) is 97.1 Å². The monoisotopic (exact) mass is 633 g/mol. The topological polar surface area (TPSA) is 115 Å². The Kier molecular flexibility index (Phi) is 7.55. The summed E-state index contributed by atoms with van der Waals surface area (Å²) in [5.41, 5.74) is 11.2. The molecule has 0 aliphatic heterocycles. The van der Waals surface area contributed by atoms with Crippen LogP contribution in [0.1, 0.15) is 82.5 Å². The summed E-state index contributed by atoms with van der Waals surface area (Å²) in [6, 6.07) is 30.4. The van der Waals surface area contributed by atoms with Crippen LogP contribution in [0.25, 0.3) is 43.1 Å². The predicted molar refractivity (Wildman–Crippen MR) is 195 cm³/mol. The Bertz CT molecular complexity index is 2400. The Labute approximate surface area is 277 Å². The number of hydrogen-bond acceptors (Lipinski definition) is 4. The van der Waals surface area contributed by atoms with Crippen molar-refractivity contribution in [3.05, 3.63) is 141 Å². The van der Waals surface area contributed by atoms with Gasteiger partial charge in [-0.25, -0.2) is 0 Å². The third-order valence-electron chi connectivity index (χ3n) is 9.56. The molecule has 7 aromatic carbocycles. The van der Waals surface area contributed by atoms with Gasteiger partial charge in [0.1, 0.15) is 0 Å². The Morgan fingerprint density at radius 1 is 0.646 bits per heavy atom. The van der Waals surface area contributed by atoms with E-state index in [0.717, 1.165) is 60.1 Å². The van der Waals surface area contributed by atoms with Crippen molar-refractivity contribution in [3.8, 4) is 0 Å². The fraction of sp³-hybridized carbons (Fsp3) is 0.171. The molecular weight excluding hydrogens is 598 g/mol. The van der Waals surface area contributed by atoms with Crippen LogP contribution in [0.3, 0.4) is 0 Å². The molecule has 0 fully saturated rings. The first kappa shape index (κ1) is 30.8. The van der Waals surface area contributed by atoms with Gasteiger partial charge in [-0.1, -0.05) is 107 Å². The van der Waals surface area contributed by atoms with Gasteiger partial charge >= 0.3 is 0 Å². The number of nitro groups is 1. The zero-order valence-electron chi connectivity index (χ0n) is 27.3. The second kappa shape index (κ2) is 11.8. The highest BCUT2D eigenvalue weighted by molar-refractivity contribution is 6.36. The van der Waals surface area contributed by atoms with Crippen LogP contribution >= 0.6 is 0 Å². The van der Waals surface area contributed by atoms with Crippen LogP contribution in [-0.2, 0) is 6.42 Å². The van der Waals surface area contributed by atoms with Gasteiger partial charge in [-0.05, 0) is 78.4 Å². The number of benzene rings is 7. The summed E-state index contributed by atoms with van der Waals surface area (Å²) in [5, 5.41) is 22.1. The number of nitrogens with zero attached hydrogens (tertiary/aromatic N) is 1. The number of nitrogens with two attached hydrogens (primary N) is 1. The van der Waals surface area contributed by atoms with E-state index in [2.05, 4.69) is 33.0 Å². The predicted octanol–water partition coefficient (Wildman–Crippen LogP) is 9.83. The molecule has 7 aromatic rings. The number of primary amides is 1. The highest BCUT2D eigenvalue weighted by Gasteiger charge is 2.24. The largest absolute Gasteiger partial charge is 0.366 e. The zero-order valence-corrected chi connectivity index (χ0v) is 27.3. The van der Waals surface area contributed by atoms with Gasteiger partial charge in [-0.15, -0.1) is 0 Å². The standard InChI is InChI=1S/C41H35N3O4/c1-22(2)26-10-7-11-27(23(3)4)39(26)43-41(46)34-20-18-31-29-13-8-12-28-24(21-25-9-5-6-14-35(25)44(47)48)15-16-30(36(28)29)32-17-19-33(40(42)45)38(34)37(31)32/h5-20,22-23H,21H2,1-4H3,(H2,42,45)(H,43,46). The number of nitrogens with one attached hydrogen (secondary N) is 1. The first-order valence-corrected chi connectivity index (χ1v) is 16.2. The van der Waals surface area contributed by atoms with Gasteiger partial charge in [-0.2, -0.15) is 0 Å². The molecule has 2 amide bonds. The summed E-state index contributed by atoms with van der Waals surface area (Å²) in [4.78, 5) is 38.7. The zero-order chi connectivity index (χ0) is 33.9. The molecule has 7 rings (SSSR count). The molecule has 0 heterocycles. The van der Waals surface area contributed by atoms with Gasteiger partial charge in [0.15, 0.2) is 0 Å². The highest BCUT2D eigenvalue weighted by Crippen LogP contribution is 2.44. The molecule has 0 atom stereocenters. The first-order chi connectivity index (χ1) is 23.1. The maximum atomic E-state index is 14.3. The molecule has 0 bridgehead atoms. The van der Waals surface area contributed by atoms with E-state index in [9.17, 15) is 19.7 Å². The molecule has 0 saturated carbocycles. The van der Waals surface area contributed by atoms with E-state index < -0.39 is 5.91 Å². The lowest BCUT2D eigenvalue weighted by atomic mass is 9.84. The van der Waals surface area contributed by atoms with Crippen molar-refractivity contribution in [3.63, 3.8) is 0 Å². The molecule has 238 valence electrons. The second-order valence-corrected chi connectivity index (χ2v) is 13.1. The average molecular weight is 634 g/mol. The molecule has 7 heteroatoms. The van der Waals surface area contributed by atoms with Crippen LogP contribution in [0.2, 0.25) is 0 Å². The molecule has 0 radical (unpaired) electrons. The summed E-state index contributed by atoms with van der Waals surface area (Å²) in [5.74, 6) is -0.542. The van der Waals surface area contributed by atoms with Crippen molar-refractivity contribution in [2.24, 2.45) is 5.73 Å². The van der Waals surface area contributed by atoms with Gasteiger partial charge in [0.05, 0.1) is 4.92 Å². The normalized spacial score (nSPS) is 11.8. The number of rotatable bonds is 8. The fourth-order valence-electron chi connectivity index (χ4n) is 7.33. The van der Waals surface area contributed by atoms with E-state index in [4.69, 9.17) is 5.73 Å². The molecule has 0 aliphatic rings. The molecule has 0 unspecified atom stereocenters. The molecule has 0 saturated heterocycles. The van der Waals surface area contributed by atoms with E-state index in [1.807, 2.05) is 66.7 Å². The minimum absolute atomic E-state index is 0.0920. The molecule has 7 nitrogen and oxygen atoms in total. The van der Waals surface area contributed by atoms with E-state index >= 15 is 0 Å². The number of amides is 2. The maximum absolute atomic E-state index is 14.3. The smallest absolute Gasteiger partial charge is 0.272 e. The van der Waals surface area contributed by atoms with Crippen LogP contribution in [0, 0.1) is 10.1 Å². The number of carbonyl (C=O) groups is 2. The molecule has 3 N–H and O–H groups in total. The Morgan fingerprint density at radius 2 is 1.21 bits per heavy atom. The Morgan fingerprint density at radius 3 is 1.85 bits per heavy atom. The first-order valence-electron chi connectivity index (χ1n) is 16.2. The van der Waals surface area contributed by atoms with Crippen LogP contribution in [-0.4, -0.2) is 16.7 Å². The molecule has 0 aliphatic carbocycles. The van der Waals surface area contributed by atoms with Crippen molar-refractivity contribution < 1.29 is 14.5 Å². The Balaban J connectivity index is 1.47. The maximum Gasteiger partial charge on any atom is 0.272 e. The minimum atomic E-state index is -0.609. The number of anilines is 1. The lowest BCUT2D eigenvalue weighted by molar-refractivity contribution is -0.385. The highest BCUT2D eigenvalue weighted by atomic mass is 16.6. The SMILES string of the molecule is CC(C)c1cccc(C(C)C)c1NC(=O)c1ccc2c3cccc4c(Cc5ccccc5[N+](=O)[O-])ccc(c5ccc(C(N)=O)c1c52)c43. The summed E-state index contributed by atoms with van der Waals surface area (Å²) < 4.78 is 0. The van der Waals surface area contributed by atoms with Gasteiger partial charge in [0.25, 0.3) is 11.6 Å². The van der Waals surface area contributed by atoms with E-state index in [0.29, 0.717) is 22.9 Å². The third kappa shape index (κ3) is 4.90. The summed E-state index contributed by atoms with van der Waals surface area (Å²) in [6.45, 7) is 8.42. The lowest BCUT2D eigenvalue weighted by Crippen LogP contribution is -2.18. The molecule has 48 heavy (non-hydrogen) atoms. The van der Waals surface area contributed by atoms with Gasteiger partial charge in [0, 0.05) is 40.3 Å². The van der Waals surface area contributed by atoms with E-state index in [1.54, 1.807) is 24.3 Å². The molecular formula is C41H35N3O4. The fourth-order valence-corrected chi connectivity index (χ4v) is 7.33. The van der Waals surface area contributed by atoms with Gasteiger partial charge < -0.3 is 11.1 Å². The van der Waals surface area contributed by atoms with Crippen LogP contribution in [0.4, 0.5) is 11.4 Å². The summed E-state index contributed by atoms with van der Waals surface area (Å²) in [7, 11) is 0. The minimum Gasteiger partial charge on any atom is -0.366 e. The second-order valence-electron chi connectivity index (χ2n) is 13.1. The van der Waals surface area contributed by atoms with E-state index in [-0.39, 0.29) is 33.9 Å². The number of nitro benzene ring substituents is 1. The number of fused-ring (bicyclic) bond motifs is 2. The van der Waals surface area contributed by atoms with Gasteiger partial charge in [0.2, 0.25) is 5.91 Å². The van der Waals surface area contributed by atoms with Crippen LogP contribution in [0.5, 0.6) is 0 Å². The lowest BCUT2D eigenvalue weighted by Gasteiger charge is -2.22. The number of para-hydroxylation sites is 2.